The normalized spacial score (nSPS) is 10.2. The van der Waals surface area contributed by atoms with Crippen LogP contribution in [0, 0.1) is 0 Å². The Kier molecular flexibility index (Phi) is 8.80. The third-order valence-corrected chi connectivity index (χ3v) is 4.82. The molecule has 0 atom stereocenters. The van der Waals surface area contributed by atoms with Crippen LogP contribution in [0.4, 0.5) is 0 Å². The van der Waals surface area contributed by atoms with Crippen molar-refractivity contribution < 1.29 is 4.79 Å². The Morgan fingerprint density at radius 2 is 1.90 bits per heavy atom. The van der Waals surface area contributed by atoms with Gasteiger partial charge < -0.3 is 10.2 Å². The Labute approximate surface area is 142 Å². The molecule has 116 valence electrons. The van der Waals surface area contributed by atoms with Crippen molar-refractivity contribution in [2.24, 2.45) is 0 Å². The van der Waals surface area contributed by atoms with E-state index < -0.39 is 0 Å². The van der Waals surface area contributed by atoms with E-state index in [0.29, 0.717) is 17.9 Å². The first-order valence-corrected chi connectivity index (χ1v) is 9.04. The molecule has 0 aliphatic rings. The Morgan fingerprint density at radius 3 is 2.43 bits per heavy atom. The number of thiol groups is 1. The van der Waals surface area contributed by atoms with Gasteiger partial charge in [-0.2, -0.15) is 12.6 Å². The molecule has 1 amide bonds. The van der Waals surface area contributed by atoms with Crippen LogP contribution in [0.15, 0.2) is 24.3 Å². The van der Waals surface area contributed by atoms with Gasteiger partial charge in [0.25, 0.3) is 5.91 Å². The number of nitrogens with zero attached hydrogens (tertiary/aromatic N) is 1. The van der Waals surface area contributed by atoms with Crippen molar-refractivity contribution in [3.8, 4) is 0 Å². The van der Waals surface area contributed by atoms with E-state index in [4.69, 9.17) is 12.2 Å². The van der Waals surface area contributed by atoms with Crippen LogP contribution in [-0.2, 0) is 5.75 Å². The average molecular weight is 343 g/mol. The lowest BCUT2D eigenvalue weighted by Crippen LogP contribution is -2.26. The van der Waals surface area contributed by atoms with Crippen molar-refractivity contribution in [3.63, 3.8) is 0 Å². The van der Waals surface area contributed by atoms with E-state index in [1.54, 1.807) is 11.8 Å². The number of nitrogens with one attached hydrogen (secondary N) is 1. The van der Waals surface area contributed by atoms with Gasteiger partial charge in [-0.1, -0.05) is 36.1 Å². The Morgan fingerprint density at radius 1 is 1.29 bits per heavy atom. The van der Waals surface area contributed by atoms with E-state index >= 15 is 0 Å². The molecule has 0 heterocycles. The first kappa shape index (κ1) is 18.3. The third-order valence-electron chi connectivity index (χ3n) is 3.00. The van der Waals surface area contributed by atoms with E-state index in [9.17, 15) is 4.79 Å². The van der Waals surface area contributed by atoms with Crippen LogP contribution in [0.5, 0.6) is 0 Å². The van der Waals surface area contributed by atoms with E-state index in [0.717, 1.165) is 23.2 Å². The zero-order valence-electron chi connectivity index (χ0n) is 12.5. The molecular weight excluding hydrogens is 320 g/mol. The molecule has 0 fully saturated rings. The fourth-order valence-electron chi connectivity index (χ4n) is 1.74. The van der Waals surface area contributed by atoms with E-state index in [1.165, 1.54) is 5.56 Å². The predicted octanol–water partition coefficient (Wildman–Crippen LogP) is 3.21. The topological polar surface area (TPSA) is 32.3 Å². The Bertz CT molecular complexity index is 458. The Hall–Kier alpha value is -0.720. The molecule has 0 saturated heterocycles. The maximum atomic E-state index is 11.8. The maximum absolute atomic E-state index is 11.8. The Balaban J connectivity index is 2.51. The number of carbonyl (C=O) groups is 1. The summed E-state index contributed by atoms with van der Waals surface area (Å²) in [5, 5.41) is 2.80. The fraction of sp³-hybridized carbons (Fsp3) is 0.467. The monoisotopic (exact) mass is 342 g/mol. The smallest absolute Gasteiger partial charge is 0.251 e. The lowest BCUT2D eigenvalue weighted by molar-refractivity contribution is 0.0956. The van der Waals surface area contributed by atoms with Crippen LogP contribution in [0.3, 0.4) is 0 Å². The second-order valence-corrected chi connectivity index (χ2v) is 6.46. The molecule has 0 radical (unpaired) electrons. The summed E-state index contributed by atoms with van der Waals surface area (Å²) in [6.07, 6.45) is 0. The quantitative estimate of drug-likeness (QED) is 0.589. The zero-order valence-corrected chi connectivity index (χ0v) is 15.0. The highest BCUT2D eigenvalue weighted by molar-refractivity contribution is 8.22. The summed E-state index contributed by atoms with van der Waals surface area (Å²) in [4.78, 5) is 13.9. The highest BCUT2D eigenvalue weighted by atomic mass is 32.2. The molecule has 0 spiro atoms. The molecule has 6 heteroatoms. The summed E-state index contributed by atoms with van der Waals surface area (Å²) < 4.78 is 0.926. The summed E-state index contributed by atoms with van der Waals surface area (Å²) in [5.74, 6) is 1.42. The minimum absolute atomic E-state index is 0.0538. The van der Waals surface area contributed by atoms with Crippen molar-refractivity contribution >= 4 is 46.8 Å². The molecule has 3 nitrogen and oxygen atoms in total. The van der Waals surface area contributed by atoms with Crippen molar-refractivity contribution in [1.29, 1.82) is 0 Å². The van der Waals surface area contributed by atoms with Crippen LogP contribution in [-0.4, -0.2) is 40.5 Å². The average Bonchev–Trinajstić information content (AvgIpc) is 2.52. The molecule has 0 aliphatic heterocycles. The summed E-state index contributed by atoms with van der Waals surface area (Å²) in [5.41, 5.74) is 1.84. The zero-order chi connectivity index (χ0) is 15.7. The molecule has 1 aromatic rings. The maximum Gasteiger partial charge on any atom is 0.251 e. The van der Waals surface area contributed by atoms with Crippen molar-refractivity contribution in [1.82, 2.24) is 10.2 Å². The van der Waals surface area contributed by atoms with Crippen LogP contribution in [0.25, 0.3) is 0 Å². The largest absolute Gasteiger partial charge is 0.358 e. The number of rotatable bonds is 7. The summed E-state index contributed by atoms with van der Waals surface area (Å²) in [6.45, 7) is 6.67. The molecule has 0 aliphatic carbocycles. The summed E-state index contributed by atoms with van der Waals surface area (Å²) in [7, 11) is 0. The second kappa shape index (κ2) is 10.1. The molecule has 0 saturated carbocycles. The number of hydrogen-bond donors (Lipinski definition) is 2. The lowest BCUT2D eigenvalue weighted by atomic mass is 10.1. The summed E-state index contributed by atoms with van der Waals surface area (Å²) in [6, 6.07) is 7.66. The SMILES string of the molecule is CCN(CC)C(=S)SCc1ccc(C(=O)NCCS)cc1. The summed E-state index contributed by atoms with van der Waals surface area (Å²) >= 11 is 11.1. The molecule has 0 bridgehead atoms. The van der Waals surface area contributed by atoms with Gasteiger partial charge in [-0.15, -0.1) is 0 Å². The predicted molar refractivity (Wildman–Crippen MR) is 99.4 cm³/mol. The van der Waals surface area contributed by atoms with E-state index in [2.05, 4.69) is 36.7 Å². The van der Waals surface area contributed by atoms with Gasteiger partial charge in [0.05, 0.1) is 0 Å². The third kappa shape index (κ3) is 6.28. The van der Waals surface area contributed by atoms with Crippen LogP contribution in [0.2, 0.25) is 0 Å². The molecule has 0 unspecified atom stereocenters. The van der Waals surface area contributed by atoms with Crippen LogP contribution >= 0.6 is 36.6 Å². The number of amides is 1. The number of benzene rings is 1. The standard InChI is InChI=1S/C15H22N2OS3/c1-3-17(4-2)15(20)21-11-12-5-7-13(8-6-12)14(18)16-9-10-19/h5-8,19H,3-4,9-11H2,1-2H3,(H,16,18). The molecule has 1 N–H and O–H groups in total. The molecule has 0 aromatic heterocycles. The number of thiocarbonyl (C=S) groups is 1. The van der Waals surface area contributed by atoms with Crippen LogP contribution in [0.1, 0.15) is 29.8 Å². The van der Waals surface area contributed by atoms with Gasteiger partial charge in [0, 0.05) is 36.7 Å². The van der Waals surface area contributed by atoms with Crippen molar-refractivity contribution in [2.45, 2.75) is 19.6 Å². The van der Waals surface area contributed by atoms with Gasteiger partial charge in [-0.25, -0.2) is 0 Å². The highest BCUT2D eigenvalue weighted by Gasteiger charge is 2.07. The highest BCUT2D eigenvalue weighted by Crippen LogP contribution is 2.17. The van der Waals surface area contributed by atoms with E-state index in [-0.39, 0.29) is 5.91 Å². The first-order chi connectivity index (χ1) is 10.1. The van der Waals surface area contributed by atoms with Gasteiger partial charge >= 0.3 is 0 Å². The van der Waals surface area contributed by atoms with E-state index in [1.807, 2.05) is 24.3 Å². The first-order valence-electron chi connectivity index (χ1n) is 7.02. The van der Waals surface area contributed by atoms with Crippen molar-refractivity contribution in [3.05, 3.63) is 35.4 Å². The van der Waals surface area contributed by atoms with Gasteiger partial charge in [-0.3, -0.25) is 4.79 Å². The van der Waals surface area contributed by atoms with Crippen LogP contribution < -0.4 is 5.32 Å². The molecule has 1 rings (SSSR count). The fourth-order valence-corrected chi connectivity index (χ4v) is 3.21. The molecule has 21 heavy (non-hydrogen) atoms. The van der Waals surface area contributed by atoms with Gasteiger partial charge in [0.1, 0.15) is 4.32 Å². The number of hydrogen-bond acceptors (Lipinski definition) is 4. The van der Waals surface area contributed by atoms with Crippen molar-refractivity contribution in [2.75, 3.05) is 25.4 Å². The molecule has 1 aromatic carbocycles. The second-order valence-electron chi connectivity index (χ2n) is 4.40. The minimum atomic E-state index is -0.0538. The number of carbonyl (C=O) groups excluding carboxylic acids is 1. The minimum Gasteiger partial charge on any atom is -0.358 e. The lowest BCUT2D eigenvalue weighted by Gasteiger charge is -2.20. The molecular formula is C15H22N2OS3. The van der Waals surface area contributed by atoms with Gasteiger partial charge in [0.15, 0.2) is 0 Å². The van der Waals surface area contributed by atoms with Gasteiger partial charge in [-0.05, 0) is 31.5 Å². The number of thioether (sulfide) groups is 1. The van der Waals surface area contributed by atoms with Gasteiger partial charge in [0.2, 0.25) is 0 Å².